The van der Waals surface area contributed by atoms with Gasteiger partial charge in [-0.25, -0.2) is 0 Å². The number of hydrogen-bond acceptors (Lipinski definition) is 2. The van der Waals surface area contributed by atoms with E-state index in [1.54, 1.807) is 0 Å². The maximum absolute atomic E-state index is 6.91. The summed E-state index contributed by atoms with van der Waals surface area (Å²) in [6.45, 7) is 1.27. The number of nitrogens with zero attached hydrogens (tertiary/aromatic N) is 1. The van der Waals surface area contributed by atoms with Gasteiger partial charge in [-0.05, 0) is 18.6 Å². The van der Waals surface area contributed by atoms with Crippen LogP contribution >= 0.6 is 12.6 Å². The number of thiol groups is 1. The van der Waals surface area contributed by atoms with Crippen molar-refractivity contribution in [3.05, 3.63) is 0 Å². The Hall–Kier alpha value is -0.180. The van der Waals surface area contributed by atoms with Gasteiger partial charge >= 0.3 is 0 Å². The fourth-order valence-electron chi connectivity index (χ4n) is 0.674. The van der Waals surface area contributed by atoms with E-state index < -0.39 is 0 Å². The lowest BCUT2D eigenvalue weighted by Gasteiger charge is -1.97. The quantitative estimate of drug-likeness (QED) is 0.276. The van der Waals surface area contributed by atoms with Crippen LogP contribution in [0.15, 0.2) is 4.99 Å². The van der Waals surface area contributed by atoms with Crippen LogP contribution in [0.2, 0.25) is 0 Å². The number of hydrogen-bond donors (Lipinski definition) is 2. The summed E-state index contributed by atoms with van der Waals surface area (Å²) in [5.41, 5.74) is 5.61. The molecule has 0 radical (unpaired) electrons. The van der Waals surface area contributed by atoms with Crippen molar-refractivity contribution >= 4 is 18.5 Å². The number of rotatable bonds is 6. The van der Waals surface area contributed by atoms with Crippen LogP contribution in [0.25, 0.3) is 0 Å². The molecule has 2 N–H and O–H groups in total. The molecule has 11 heavy (non-hydrogen) atoms. The van der Waals surface area contributed by atoms with Crippen molar-refractivity contribution in [2.75, 3.05) is 12.3 Å². The molecule has 3 heteroatoms. The van der Waals surface area contributed by atoms with Crippen molar-refractivity contribution in [2.24, 2.45) is 10.7 Å². The lowest BCUT2D eigenvalue weighted by molar-refractivity contribution is 0.802. The Morgan fingerprint density at radius 3 is 3.09 bits per heavy atom. The minimum absolute atomic E-state index is 0.492. The van der Waals surface area contributed by atoms with Crippen LogP contribution in [0.1, 0.15) is 34.0 Å². The van der Waals surface area contributed by atoms with Crippen molar-refractivity contribution in [2.45, 2.75) is 32.6 Å². The highest BCUT2D eigenvalue weighted by molar-refractivity contribution is 7.80. The summed E-state index contributed by atoms with van der Waals surface area (Å²) in [4.78, 5) is 4.18. The molecule has 0 aliphatic rings. The van der Waals surface area contributed by atoms with E-state index in [0.717, 1.165) is 43.8 Å². The van der Waals surface area contributed by atoms with Crippen LogP contribution in [0.4, 0.5) is 0 Å². The van der Waals surface area contributed by atoms with Gasteiger partial charge in [-0.3, -0.25) is 4.99 Å². The molecular weight excluding hydrogens is 156 g/mol. The Labute approximate surface area is 76.1 Å². The predicted molar refractivity (Wildman–Crippen MR) is 54.5 cm³/mol. The van der Waals surface area contributed by atoms with E-state index in [-0.39, 0.29) is 0 Å². The first-order chi connectivity index (χ1) is 5.81. The molecule has 0 aliphatic heterocycles. The van der Waals surface area contributed by atoms with Gasteiger partial charge in [0.25, 0.3) is 0 Å². The van der Waals surface area contributed by atoms with Crippen LogP contribution in [-0.2, 0) is 0 Å². The zero-order chi connectivity index (χ0) is 9.23. The third-order valence-electron chi connectivity index (χ3n) is 1.31. The van der Waals surface area contributed by atoms with Gasteiger partial charge in [-0.15, -0.1) is 0 Å². The largest absolute Gasteiger partial charge is 0.387 e. The van der Waals surface area contributed by atoms with Gasteiger partial charge in [0.2, 0.25) is 0 Å². The summed E-state index contributed by atoms with van der Waals surface area (Å²) >= 11 is 4.08. The molecule has 0 amide bonds. The minimum Gasteiger partial charge on any atom is -0.387 e. The fourth-order valence-corrected chi connectivity index (χ4v) is 0.832. The molecule has 0 bridgehead atoms. The molecule has 0 spiro atoms. The van der Waals surface area contributed by atoms with E-state index in [1.165, 1.54) is 0 Å². The molecule has 0 rings (SSSR count). The van der Waals surface area contributed by atoms with E-state index in [1.807, 2.05) is 0 Å². The Bertz CT molecular complexity index is 128. The summed E-state index contributed by atoms with van der Waals surface area (Å²) in [5.74, 6) is 1.59. The summed E-state index contributed by atoms with van der Waals surface area (Å²) in [6.07, 6.45) is 3.75. The molecule has 2 nitrogen and oxygen atoms in total. The minimum atomic E-state index is 0.492. The van der Waals surface area contributed by atoms with Gasteiger partial charge in [-0.1, -0.05) is 13.3 Å². The average molecular weight is 176 g/mol. The highest BCUT2D eigenvalue weighted by Gasteiger charge is 1.90. The third-order valence-corrected chi connectivity index (χ3v) is 1.63. The second-order valence-electron chi connectivity index (χ2n) is 2.41. The topological polar surface area (TPSA) is 38.4 Å². The maximum atomic E-state index is 6.91. The highest BCUT2D eigenvalue weighted by Crippen LogP contribution is 1.93. The summed E-state index contributed by atoms with van der Waals surface area (Å²) in [6, 6.07) is 0. The fraction of sp³-hybridized carbons (Fsp3) is 0.875. The number of unbranched alkanes of at least 4 members (excludes halogenated alkanes) is 1. The molecule has 0 saturated heterocycles. The summed E-state index contributed by atoms with van der Waals surface area (Å²) < 4.78 is 6.91. The van der Waals surface area contributed by atoms with Crippen molar-refractivity contribution < 1.29 is 1.37 Å². The van der Waals surface area contributed by atoms with E-state index in [2.05, 4.69) is 17.6 Å². The number of aliphatic imine (C=N–C) groups is 1. The molecule has 0 unspecified atom stereocenters. The Balaban J connectivity index is 3.28. The molecule has 0 heterocycles. The van der Waals surface area contributed by atoms with Crippen molar-refractivity contribution in [3.63, 3.8) is 0 Å². The number of nitrogens with two attached hydrogens (primary N) is 1. The molecule has 0 saturated carbocycles. The van der Waals surface area contributed by atoms with Gasteiger partial charge in [0, 0.05) is 14.3 Å². The lowest BCUT2D eigenvalue weighted by Crippen LogP contribution is -2.12. The van der Waals surface area contributed by atoms with Crippen molar-refractivity contribution in [1.29, 1.82) is 0 Å². The summed E-state index contributed by atoms with van der Waals surface area (Å²) in [7, 11) is 0. The van der Waals surface area contributed by atoms with Gasteiger partial charge in [-0.2, -0.15) is 12.6 Å². The normalized spacial score (nSPS) is 13.2. The monoisotopic (exact) mass is 176 g/mol. The van der Waals surface area contributed by atoms with Crippen LogP contribution in [0.5, 0.6) is 0 Å². The first kappa shape index (κ1) is 8.91. The molecule has 0 fully saturated rings. The Kier molecular flexibility index (Phi) is 6.42. The van der Waals surface area contributed by atoms with Gasteiger partial charge < -0.3 is 5.73 Å². The van der Waals surface area contributed by atoms with Crippen LogP contribution in [-0.4, -0.2) is 18.1 Å². The van der Waals surface area contributed by atoms with Crippen molar-refractivity contribution in [1.82, 2.24) is 0 Å². The zero-order valence-electron chi connectivity index (χ0n) is 7.92. The molecular formula is C8H18N2S. The first-order valence-corrected chi connectivity index (χ1v) is 4.63. The molecule has 66 valence electrons. The Morgan fingerprint density at radius 1 is 1.64 bits per heavy atom. The van der Waals surface area contributed by atoms with Crippen LogP contribution in [0, 0.1) is 0 Å². The third kappa shape index (κ3) is 7.72. The van der Waals surface area contributed by atoms with Crippen LogP contribution < -0.4 is 5.73 Å². The Morgan fingerprint density at radius 2 is 2.45 bits per heavy atom. The molecule has 0 atom stereocenters. The molecule has 0 aliphatic carbocycles. The smallest absolute Gasteiger partial charge is 0.0937 e. The maximum Gasteiger partial charge on any atom is 0.0937 e. The van der Waals surface area contributed by atoms with Gasteiger partial charge in [0.15, 0.2) is 0 Å². The molecule has 0 aromatic rings. The lowest BCUT2D eigenvalue weighted by atomic mass is 10.3. The second kappa shape index (κ2) is 7.92. The zero-order valence-corrected chi connectivity index (χ0v) is 7.82. The van der Waals surface area contributed by atoms with Gasteiger partial charge in [0.1, 0.15) is 0 Å². The van der Waals surface area contributed by atoms with Crippen LogP contribution in [0.3, 0.4) is 0 Å². The summed E-state index contributed by atoms with van der Waals surface area (Å²) in [5, 5.41) is 0. The van der Waals surface area contributed by atoms with Crippen molar-refractivity contribution in [3.8, 4) is 0 Å². The number of amidine groups is 1. The van der Waals surface area contributed by atoms with Gasteiger partial charge in [0.05, 0.1) is 5.84 Å². The highest BCUT2D eigenvalue weighted by atomic mass is 32.1. The molecule has 0 aromatic carbocycles. The predicted octanol–water partition coefficient (Wildman–Crippen LogP) is 1.85. The van der Waals surface area contributed by atoms with E-state index >= 15 is 0 Å². The SMILES string of the molecule is [3H]CCCCN=C(N)CCCS. The first-order valence-electron chi connectivity index (χ1n) is 4.71. The van der Waals surface area contributed by atoms with E-state index in [0.29, 0.717) is 6.90 Å². The second-order valence-corrected chi connectivity index (χ2v) is 2.85. The van der Waals surface area contributed by atoms with E-state index in [9.17, 15) is 0 Å². The molecule has 0 aromatic heterocycles. The van der Waals surface area contributed by atoms with E-state index in [4.69, 9.17) is 7.10 Å². The standard InChI is InChI=1S/C8H18N2S/c1-2-3-6-10-8(9)5-4-7-11/h11H,2-7H2,1H3,(H2,9,10)/i1T. The average Bonchev–Trinajstić information content (AvgIpc) is 2.09.